The van der Waals surface area contributed by atoms with Gasteiger partial charge in [0.2, 0.25) is 5.91 Å². The van der Waals surface area contributed by atoms with Crippen molar-refractivity contribution in [2.75, 3.05) is 18.0 Å². The van der Waals surface area contributed by atoms with Crippen LogP contribution in [-0.2, 0) is 11.3 Å². The summed E-state index contributed by atoms with van der Waals surface area (Å²) >= 11 is 0. The van der Waals surface area contributed by atoms with Crippen molar-refractivity contribution in [3.8, 4) is 0 Å². The Bertz CT molecular complexity index is 406. The third-order valence-electron chi connectivity index (χ3n) is 2.90. The lowest BCUT2D eigenvalue weighted by Crippen LogP contribution is -2.36. The van der Waals surface area contributed by atoms with Crippen LogP contribution < -0.4 is 16.4 Å². The van der Waals surface area contributed by atoms with Gasteiger partial charge in [0.25, 0.3) is 0 Å². The van der Waals surface area contributed by atoms with Gasteiger partial charge in [0, 0.05) is 24.8 Å². The summed E-state index contributed by atoms with van der Waals surface area (Å²) in [5.74, 6) is 0.433. The number of anilines is 1. The van der Waals surface area contributed by atoms with E-state index >= 15 is 0 Å². The second kappa shape index (κ2) is 6.96. The lowest BCUT2D eigenvalue weighted by Gasteiger charge is -2.25. The van der Waals surface area contributed by atoms with Gasteiger partial charge in [-0.3, -0.25) is 4.79 Å². The number of nitrogens with two attached hydrogens (primary N) is 2. The fraction of sp³-hybridized carbons (Fsp3) is 0.538. The number of hydrogen-bond acceptors (Lipinski definition) is 4. The van der Waals surface area contributed by atoms with Crippen molar-refractivity contribution in [1.82, 2.24) is 4.98 Å². The van der Waals surface area contributed by atoms with Crippen molar-refractivity contribution < 1.29 is 4.79 Å². The molecular formula is C13H22N4O. The van der Waals surface area contributed by atoms with Crippen molar-refractivity contribution >= 4 is 11.7 Å². The molecule has 1 heterocycles. The minimum Gasteiger partial charge on any atom is -0.368 e. The van der Waals surface area contributed by atoms with Gasteiger partial charge in [-0.25, -0.2) is 4.98 Å². The molecular weight excluding hydrogens is 228 g/mol. The lowest BCUT2D eigenvalue weighted by molar-refractivity contribution is -0.116. The summed E-state index contributed by atoms with van der Waals surface area (Å²) in [6.45, 7) is 5.47. The highest BCUT2D eigenvalue weighted by Gasteiger charge is 2.15. The molecule has 5 nitrogen and oxygen atoms in total. The van der Waals surface area contributed by atoms with Gasteiger partial charge in [-0.1, -0.05) is 13.3 Å². The normalized spacial score (nSPS) is 10.4. The maximum Gasteiger partial charge on any atom is 0.236 e. The van der Waals surface area contributed by atoms with Crippen molar-refractivity contribution in [2.24, 2.45) is 11.5 Å². The van der Waals surface area contributed by atoms with E-state index in [0.29, 0.717) is 6.54 Å². The lowest BCUT2D eigenvalue weighted by atomic mass is 10.1. The second-order valence-electron chi connectivity index (χ2n) is 4.38. The average Bonchev–Trinajstić information content (AvgIpc) is 2.33. The molecule has 5 heteroatoms. The molecule has 1 aromatic rings. The average molecular weight is 250 g/mol. The predicted molar refractivity (Wildman–Crippen MR) is 73.2 cm³/mol. The van der Waals surface area contributed by atoms with Gasteiger partial charge < -0.3 is 16.4 Å². The topological polar surface area (TPSA) is 85.2 Å². The molecule has 0 saturated heterocycles. The first-order chi connectivity index (χ1) is 8.60. The van der Waals surface area contributed by atoms with Crippen molar-refractivity contribution in [3.05, 3.63) is 23.4 Å². The van der Waals surface area contributed by atoms with Crippen LogP contribution in [0, 0.1) is 6.92 Å². The molecule has 0 unspecified atom stereocenters. The first-order valence-electron chi connectivity index (χ1n) is 6.28. The fourth-order valence-corrected chi connectivity index (χ4v) is 1.90. The van der Waals surface area contributed by atoms with Crippen LogP contribution in [0.25, 0.3) is 0 Å². The number of carbonyl (C=O) groups excluding carboxylic acids is 1. The minimum absolute atomic E-state index is 0.184. The molecule has 0 aliphatic carbocycles. The monoisotopic (exact) mass is 250 g/mol. The molecule has 0 aromatic carbocycles. The number of aryl methyl sites for hydroxylation is 1. The van der Waals surface area contributed by atoms with E-state index in [9.17, 15) is 4.79 Å². The van der Waals surface area contributed by atoms with Crippen LogP contribution in [-0.4, -0.2) is 24.0 Å². The first-order valence-corrected chi connectivity index (χ1v) is 6.28. The molecule has 0 spiro atoms. The molecule has 0 aliphatic rings. The van der Waals surface area contributed by atoms with Crippen LogP contribution in [0.4, 0.5) is 5.82 Å². The van der Waals surface area contributed by atoms with E-state index in [4.69, 9.17) is 11.5 Å². The molecule has 1 rings (SSSR count). The first kappa shape index (κ1) is 14.4. The number of unbranched alkanes of at least 4 members (excludes halogenated alkanes) is 1. The number of hydrogen-bond donors (Lipinski definition) is 2. The summed E-state index contributed by atoms with van der Waals surface area (Å²) in [4.78, 5) is 17.4. The molecule has 0 aliphatic heterocycles. The van der Waals surface area contributed by atoms with Crippen LogP contribution in [0.5, 0.6) is 0 Å². The van der Waals surface area contributed by atoms with Gasteiger partial charge in [-0.05, 0) is 25.0 Å². The summed E-state index contributed by atoms with van der Waals surface area (Å²) in [6, 6.07) is 1.92. The van der Waals surface area contributed by atoms with E-state index in [2.05, 4.69) is 11.9 Å². The van der Waals surface area contributed by atoms with Gasteiger partial charge >= 0.3 is 0 Å². The van der Waals surface area contributed by atoms with E-state index in [-0.39, 0.29) is 12.5 Å². The zero-order chi connectivity index (χ0) is 13.5. The third-order valence-corrected chi connectivity index (χ3v) is 2.90. The van der Waals surface area contributed by atoms with Crippen LogP contribution in [0.1, 0.15) is 30.9 Å². The smallest absolute Gasteiger partial charge is 0.236 e. The molecule has 1 amide bonds. The number of pyridine rings is 1. The standard InChI is InChI=1S/C13H22N4O/c1-3-4-7-17(9-12(15)18)13-11(8-14)10(2)5-6-16-13/h5-6H,3-4,7-9,14H2,1-2H3,(H2,15,18). The molecule has 100 valence electrons. The van der Waals surface area contributed by atoms with Crippen molar-refractivity contribution in [1.29, 1.82) is 0 Å². The molecule has 4 N–H and O–H groups in total. The maximum absolute atomic E-state index is 11.2. The highest BCUT2D eigenvalue weighted by atomic mass is 16.1. The molecule has 0 atom stereocenters. The van der Waals surface area contributed by atoms with Crippen LogP contribution in [0.2, 0.25) is 0 Å². The predicted octanol–water partition coefficient (Wildman–Crippen LogP) is 0.941. The third kappa shape index (κ3) is 3.70. The Morgan fingerprint density at radius 3 is 2.78 bits per heavy atom. The summed E-state index contributed by atoms with van der Waals surface area (Å²) in [5.41, 5.74) is 13.1. The summed E-state index contributed by atoms with van der Waals surface area (Å²) in [5, 5.41) is 0. The van der Waals surface area contributed by atoms with Gasteiger partial charge in [0.05, 0.1) is 6.54 Å². The Balaban J connectivity index is 3.03. The second-order valence-corrected chi connectivity index (χ2v) is 4.38. The summed E-state index contributed by atoms with van der Waals surface area (Å²) in [7, 11) is 0. The van der Waals surface area contributed by atoms with Crippen molar-refractivity contribution in [2.45, 2.75) is 33.2 Å². The van der Waals surface area contributed by atoms with E-state index in [1.807, 2.05) is 17.9 Å². The molecule has 0 radical (unpaired) electrons. The van der Waals surface area contributed by atoms with E-state index in [1.54, 1.807) is 6.20 Å². The summed E-state index contributed by atoms with van der Waals surface area (Å²) < 4.78 is 0. The molecule has 0 saturated carbocycles. The molecule has 18 heavy (non-hydrogen) atoms. The number of primary amides is 1. The van der Waals surface area contributed by atoms with Gasteiger partial charge in [-0.15, -0.1) is 0 Å². The van der Waals surface area contributed by atoms with Gasteiger partial charge in [-0.2, -0.15) is 0 Å². The number of nitrogens with zero attached hydrogens (tertiary/aromatic N) is 2. The van der Waals surface area contributed by atoms with E-state index in [0.717, 1.165) is 36.3 Å². The zero-order valence-corrected chi connectivity index (χ0v) is 11.1. The Hall–Kier alpha value is -1.62. The number of rotatable bonds is 7. The Morgan fingerprint density at radius 2 is 2.22 bits per heavy atom. The Morgan fingerprint density at radius 1 is 1.50 bits per heavy atom. The van der Waals surface area contributed by atoms with Crippen molar-refractivity contribution in [3.63, 3.8) is 0 Å². The number of amides is 1. The van der Waals surface area contributed by atoms with Gasteiger partial charge in [0.1, 0.15) is 5.82 Å². The van der Waals surface area contributed by atoms with E-state index in [1.165, 1.54) is 0 Å². The zero-order valence-electron chi connectivity index (χ0n) is 11.1. The summed E-state index contributed by atoms with van der Waals surface area (Å²) in [6.07, 6.45) is 3.79. The minimum atomic E-state index is -0.350. The highest BCUT2D eigenvalue weighted by molar-refractivity contribution is 5.79. The largest absolute Gasteiger partial charge is 0.368 e. The molecule has 0 fully saturated rings. The van der Waals surface area contributed by atoms with E-state index < -0.39 is 0 Å². The number of aromatic nitrogens is 1. The fourth-order valence-electron chi connectivity index (χ4n) is 1.90. The Kier molecular flexibility index (Phi) is 5.58. The highest BCUT2D eigenvalue weighted by Crippen LogP contribution is 2.20. The van der Waals surface area contributed by atoms with Crippen LogP contribution in [0.15, 0.2) is 12.3 Å². The quantitative estimate of drug-likeness (QED) is 0.754. The van der Waals surface area contributed by atoms with Crippen LogP contribution >= 0.6 is 0 Å². The number of carbonyl (C=O) groups is 1. The molecule has 1 aromatic heterocycles. The molecule has 0 bridgehead atoms. The van der Waals surface area contributed by atoms with Gasteiger partial charge in [0.15, 0.2) is 0 Å². The maximum atomic E-state index is 11.2. The Labute approximate surface area is 108 Å². The van der Waals surface area contributed by atoms with Crippen LogP contribution in [0.3, 0.4) is 0 Å². The SMILES string of the molecule is CCCCN(CC(N)=O)c1nccc(C)c1CN.